The van der Waals surface area contributed by atoms with Gasteiger partial charge in [-0.3, -0.25) is 4.79 Å². The Bertz CT molecular complexity index is 434. The van der Waals surface area contributed by atoms with Crippen molar-refractivity contribution in [2.45, 2.75) is 44.9 Å². The van der Waals surface area contributed by atoms with Gasteiger partial charge in [-0.05, 0) is 30.4 Å². The maximum atomic E-state index is 12.0. The largest absolute Gasteiger partial charge is 0.393 e. The monoisotopic (exact) mass is 262 g/mol. The Morgan fingerprint density at radius 3 is 2.95 bits per heavy atom. The summed E-state index contributed by atoms with van der Waals surface area (Å²) in [5, 5.41) is 15.6. The van der Waals surface area contributed by atoms with Gasteiger partial charge < -0.3 is 15.7 Å². The second kappa shape index (κ2) is 6.68. The first kappa shape index (κ1) is 14.0. The van der Waals surface area contributed by atoms with Crippen LogP contribution in [0.15, 0.2) is 24.3 Å². The molecule has 1 unspecified atom stereocenters. The Kier molecular flexibility index (Phi) is 4.93. The molecular weight excluding hydrogens is 240 g/mol. The molecule has 0 saturated carbocycles. The molecule has 0 bridgehead atoms. The third kappa shape index (κ3) is 3.78. The number of hydrogen-bond acceptors (Lipinski definition) is 3. The van der Waals surface area contributed by atoms with E-state index in [0.717, 1.165) is 19.4 Å². The fourth-order valence-electron chi connectivity index (χ4n) is 2.33. The number of carbonyl (C=O) groups is 1. The lowest BCUT2D eigenvalue weighted by Gasteiger charge is -2.25. The Labute approximate surface area is 114 Å². The van der Waals surface area contributed by atoms with Crippen LogP contribution in [0.1, 0.15) is 30.9 Å². The van der Waals surface area contributed by atoms with Crippen LogP contribution >= 0.6 is 0 Å². The number of aliphatic hydroxyl groups is 1. The zero-order valence-corrected chi connectivity index (χ0v) is 11.4. The van der Waals surface area contributed by atoms with Crippen molar-refractivity contribution in [3.63, 3.8) is 0 Å². The summed E-state index contributed by atoms with van der Waals surface area (Å²) in [6, 6.07) is 8.04. The van der Waals surface area contributed by atoms with Crippen LogP contribution < -0.4 is 10.6 Å². The molecule has 0 aromatic heterocycles. The van der Waals surface area contributed by atoms with Gasteiger partial charge in [0.05, 0.1) is 12.1 Å². The molecule has 4 heteroatoms. The molecule has 2 atom stereocenters. The standard InChI is InChI=1S/C15H22N2O2/c1-2-13(18)7-8-16-15(19)14-9-11-5-3-4-6-12(11)10-17-14/h3-6,13-14,17-18H,2,7-10H2,1H3,(H,16,19)/t13?,14-/m1/s1. The van der Waals surface area contributed by atoms with Crippen LogP contribution in [0, 0.1) is 0 Å². The zero-order valence-electron chi connectivity index (χ0n) is 11.4. The quantitative estimate of drug-likeness (QED) is 0.741. The highest BCUT2D eigenvalue weighted by atomic mass is 16.3. The molecule has 0 saturated heterocycles. The van der Waals surface area contributed by atoms with E-state index < -0.39 is 0 Å². The van der Waals surface area contributed by atoms with Gasteiger partial charge in [0.1, 0.15) is 0 Å². The summed E-state index contributed by atoms with van der Waals surface area (Å²) in [5.41, 5.74) is 2.52. The van der Waals surface area contributed by atoms with Gasteiger partial charge in [-0.15, -0.1) is 0 Å². The van der Waals surface area contributed by atoms with Crippen LogP contribution in [0.25, 0.3) is 0 Å². The topological polar surface area (TPSA) is 61.4 Å². The summed E-state index contributed by atoms with van der Waals surface area (Å²) in [4.78, 5) is 12.0. The second-order valence-corrected chi connectivity index (χ2v) is 5.05. The number of benzene rings is 1. The van der Waals surface area contributed by atoms with E-state index in [1.54, 1.807) is 0 Å². The van der Waals surface area contributed by atoms with E-state index in [1.807, 2.05) is 19.1 Å². The molecule has 1 aromatic carbocycles. The third-order valence-corrected chi connectivity index (χ3v) is 3.65. The molecule has 104 valence electrons. The normalized spacial score (nSPS) is 19.6. The van der Waals surface area contributed by atoms with Crippen molar-refractivity contribution in [2.75, 3.05) is 6.54 Å². The van der Waals surface area contributed by atoms with Crippen LogP contribution in [-0.4, -0.2) is 29.7 Å². The Morgan fingerprint density at radius 1 is 1.47 bits per heavy atom. The molecule has 1 heterocycles. The van der Waals surface area contributed by atoms with Gasteiger partial charge in [-0.25, -0.2) is 0 Å². The maximum Gasteiger partial charge on any atom is 0.237 e. The summed E-state index contributed by atoms with van der Waals surface area (Å²) in [5.74, 6) is 0.0257. The number of fused-ring (bicyclic) bond motifs is 1. The van der Waals surface area contributed by atoms with Gasteiger partial charge in [0.25, 0.3) is 0 Å². The van der Waals surface area contributed by atoms with E-state index in [4.69, 9.17) is 0 Å². The summed E-state index contributed by atoms with van der Waals surface area (Å²) in [7, 11) is 0. The molecular formula is C15H22N2O2. The van der Waals surface area contributed by atoms with Crippen molar-refractivity contribution < 1.29 is 9.90 Å². The second-order valence-electron chi connectivity index (χ2n) is 5.05. The third-order valence-electron chi connectivity index (χ3n) is 3.65. The summed E-state index contributed by atoms with van der Waals surface area (Å²) in [6.45, 7) is 3.21. The van der Waals surface area contributed by atoms with Crippen molar-refractivity contribution >= 4 is 5.91 Å². The molecule has 0 aliphatic carbocycles. The lowest BCUT2D eigenvalue weighted by atomic mass is 9.95. The van der Waals surface area contributed by atoms with Crippen molar-refractivity contribution in [3.05, 3.63) is 35.4 Å². The number of rotatable bonds is 5. The number of aliphatic hydroxyl groups excluding tert-OH is 1. The van der Waals surface area contributed by atoms with E-state index in [1.165, 1.54) is 11.1 Å². The maximum absolute atomic E-state index is 12.0. The molecule has 1 aliphatic rings. The SMILES string of the molecule is CCC(O)CCNC(=O)[C@H]1Cc2ccccc2CN1. The van der Waals surface area contributed by atoms with Crippen LogP contribution in [0.3, 0.4) is 0 Å². The van der Waals surface area contributed by atoms with Gasteiger partial charge >= 0.3 is 0 Å². The molecule has 1 aromatic rings. The minimum absolute atomic E-state index is 0.0257. The van der Waals surface area contributed by atoms with Gasteiger partial charge in [-0.2, -0.15) is 0 Å². The number of hydrogen-bond donors (Lipinski definition) is 3. The summed E-state index contributed by atoms with van der Waals surface area (Å²) < 4.78 is 0. The average molecular weight is 262 g/mol. The van der Waals surface area contributed by atoms with Crippen LogP contribution in [0.4, 0.5) is 0 Å². The van der Waals surface area contributed by atoms with Gasteiger partial charge in [0.2, 0.25) is 5.91 Å². The first-order chi connectivity index (χ1) is 9.20. The molecule has 0 fully saturated rings. The minimum Gasteiger partial charge on any atom is -0.393 e. The van der Waals surface area contributed by atoms with Crippen molar-refractivity contribution in [1.82, 2.24) is 10.6 Å². The molecule has 0 spiro atoms. The van der Waals surface area contributed by atoms with Crippen molar-refractivity contribution in [1.29, 1.82) is 0 Å². The minimum atomic E-state index is -0.319. The van der Waals surface area contributed by atoms with Crippen LogP contribution in [-0.2, 0) is 17.8 Å². The fraction of sp³-hybridized carbons (Fsp3) is 0.533. The number of carbonyl (C=O) groups excluding carboxylic acids is 1. The molecule has 1 amide bonds. The molecule has 1 aliphatic heterocycles. The van der Waals surface area contributed by atoms with E-state index in [9.17, 15) is 9.90 Å². The van der Waals surface area contributed by atoms with E-state index in [0.29, 0.717) is 13.0 Å². The van der Waals surface area contributed by atoms with Gasteiger partial charge in [-0.1, -0.05) is 31.2 Å². The smallest absolute Gasteiger partial charge is 0.237 e. The van der Waals surface area contributed by atoms with Crippen LogP contribution in [0.2, 0.25) is 0 Å². The Morgan fingerprint density at radius 2 is 2.21 bits per heavy atom. The highest BCUT2D eigenvalue weighted by molar-refractivity contribution is 5.82. The Balaban J connectivity index is 1.82. The van der Waals surface area contributed by atoms with Crippen molar-refractivity contribution in [2.24, 2.45) is 0 Å². The highest BCUT2D eigenvalue weighted by Crippen LogP contribution is 2.16. The van der Waals surface area contributed by atoms with Gasteiger partial charge in [0, 0.05) is 13.1 Å². The van der Waals surface area contributed by atoms with Gasteiger partial charge in [0.15, 0.2) is 0 Å². The molecule has 19 heavy (non-hydrogen) atoms. The highest BCUT2D eigenvalue weighted by Gasteiger charge is 2.23. The average Bonchev–Trinajstić information content (AvgIpc) is 2.46. The predicted molar refractivity (Wildman–Crippen MR) is 74.7 cm³/mol. The van der Waals surface area contributed by atoms with E-state index >= 15 is 0 Å². The molecule has 2 rings (SSSR count). The lowest BCUT2D eigenvalue weighted by molar-refractivity contribution is -0.123. The van der Waals surface area contributed by atoms with Crippen molar-refractivity contribution in [3.8, 4) is 0 Å². The molecule has 0 radical (unpaired) electrons. The number of amides is 1. The number of nitrogens with one attached hydrogen (secondary N) is 2. The van der Waals surface area contributed by atoms with E-state index in [2.05, 4.69) is 22.8 Å². The Hall–Kier alpha value is -1.39. The zero-order chi connectivity index (χ0) is 13.7. The van der Waals surface area contributed by atoms with Crippen LogP contribution in [0.5, 0.6) is 0 Å². The summed E-state index contributed by atoms with van der Waals surface area (Å²) >= 11 is 0. The first-order valence-corrected chi connectivity index (χ1v) is 6.96. The van der Waals surface area contributed by atoms with E-state index in [-0.39, 0.29) is 18.1 Å². The fourth-order valence-corrected chi connectivity index (χ4v) is 2.33. The predicted octanol–water partition coefficient (Wildman–Crippen LogP) is 0.978. The summed E-state index contributed by atoms with van der Waals surface area (Å²) in [6.07, 6.45) is 1.76. The first-order valence-electron chi connectivity index (χ1n) is 6.96. The molecule has 4 nitrogen and oxygen atoms in total. The lowest BCUT2D eigenvalue weighted by Crippen LogP contribution is -2.48. The molecule has 3 N–H and O–H groups in total.